The Morgan fingerprint density at radius 2 is 1.48 bits per heavy atom. The quantitative estimate of drug-likeness (QED) is 0.157. The van der Waals surface area contributed by atoms with Gasteiger partial charge in [0, 0.05) is 30.9 Å². The molecule has 5 rings (SSSR count). The summed E-state index contributed by atoms with van der Waals surface area (Å²) in [5.74, 6) is -0.147. The molecule has 239 valence electrons. The summed E-state index contributed by atoms with van der Waals surface area (Å²) in [6.07, 6.45) is 3.35. The van der Waals surface area contributed by atoms with Crippen LogP contribution in [0.25, 0.3) is 11.1 Å². The fourth-order valence-electron chi connectivity index (χ4n) is 5.28. The Labute approximate surface area is 268 Å². The highest BCUT2D eigenvalue weighted by atomic mass is 19.3. The predicted octanol–water partition coefficient (Wildman–Crippen LogP) is 7.28. The van der Waals surface area contributed by atoms with Crippen LogP contribution in [-0.2, 0) is 16.1 Å². The van der Waals surface area contributed by atoms with E-state index >= 15 is 0 Å². The molecule has 46 heavy (non-hydrogen) atoms. The van der Waals surface area contributed by atoms with Gasteiger partial charge in [0.25, 0.3) is 0 Å². The van der Waals surface area contributed by atoms with Gasteiger partial charge in [0.2, 0.25) is 5.91 Å². The smallest absolute Gasteiger partial charge is 0.429 e. The largest absolute Gasteiger partial charge is 0.448 e. The minimum Gasteiger partial charge on any atom is -0.448 e. The van der Waals surface area contributed by atoms with E-state index in [9.17, 15) is 18.4 Å². The second kappa shape index (κ2) is 16.5. The van der Waals surface area contributed by atoms with Gasteiger partial charge in [-0.15, -0.1) is 0 Å². The molecule has 10 heteroatoms. The third-order valence-corrected chi connectivity index (χ3v) is 7.51. The zero-order valence-electron chi connectivity index (χ0n) is 25.4. The first-order valence-corrected chi connectivity index (χ1v) is 15.3. The van der Waals surface area contributed by atoms with Crippen LogP contribution in [0, 0.1) is 6.42 Å². The Bertz CT molecular complexity index is 1530. The van der Waals surface area contributed by atoms with Crippen molar-refractivity contribution in [1.29, 1.82) is 0 Å². The zero-order valence-corrected chi connectivity index (χ0v) is 25.4. The third kappa shape index (κ3) is 8.89. The second-order valence-corrected chi connectivity index (χ2v) is 10.6. The maximum absolute atomic E-state index is 13.7. The fourth-order valence-corrected chi connectivity index (χ4v) is 5.28. The van der Waals surface area contributed by atoms with Crippen LogP contribution in [0.15, 0.2) is 109 Å². The Hall–Kier alpha value is -4.80. The van der Waals surface area contributed by atoms with Crippen molar-refractivity contribution in [2.45, 2.75) is 32.4 Å². The first-order chi connectivity index (χ1) is 22.5. The summed E-state index contributed by atoms with van der Waals surface area (Å²) in [6.45, 7) is -1.06. The Morgan fingerprint density at radius 1 is 0.826 bits per heavy atom. The lowest BCUT2D eigenvalue weighted by Crippen LogP contribution is -2.50. The van der Waals surface area contributed by atoms with Gasteiger partial charge in [0.15, 0.2) is 0 Å². The Morgan fingerprint density at radius 3 is 2.17 bits per heavy atom. The molecule has 0 aliphatic carbocycles. The van der Waals surface area contributed by atoms with E-state index in [1.54, 1.807) is 22.0 Å². The van der Waals surface area contributed by atoms with Gasteiger partial charge in [0.05, 0.1) is 18.8 Å². The number of nitrogens with one attached hydrogen (secondary N) is 1. The number of carbonyl (C=O) groups is 2. The molecule has 0 unspecified atom stereocenters. The summed E-state index contributed by atoms with van der Waals surface area (Å²) in [6, 6.07) is 33.2. The Balaban J connectivity index is 1.24. The predicted molar refractivity (Wildman–Crippen MR) is 174 cm³/mol. The number of piperidine rings is 1. The molecule has 0 atom stereocenters. The second-order valence-electron chi connectivity index (χ2n) is 10.6. The van der Waals surface area contributed by atoms with Crippen molar-refractivity contribution in [3.05, 3.63) is 121 Å². The molecule has 4 aromatic rings. The van der Waals surface area contributed by atoms with Crippen LogP contribution in [0.5, 0.6) is 5.75 Å². The number of halogens is 2. The van der Waals surface area contributed by atoms with Gasteiger partial charge < -0.3 is 9.47 Å². The molecule has 1 fully saturated rings. The molecule has 0 aromatic heterocycles. The summed E-state index contributed by atoms with van der Waals surface area (Å²) >= 11 is 0. The fraction of sp³-hybridized carbons (Fsp3) is 0.250. The lowest BCUT2D eigenvalue weighted by Gasteiger charge is -2.37. The summed E-state index contributed by atoms with van der Waals surface area (Å²) in [5.41, 5.74) is 4.13. The van der Waals surface area contributed by atoms with E-state index in [2.05, 4.69) is 16.5 Å². The van der Waals surface area contributed by atoms with E-state index in [0.29, 0.717) is 25.3 Å². The van der Waals surface area contributed by atoms with Crippen LogP contribution in [-0.4, -0.2) is 50.0 Å². The molecule has 0 bridgehead atoms. The SMILES string of the molecule is O=C(CCOC(=O)N(c1ccccc1-c1ccccc1)N1CC[CH]CC1)N(CNCc1ccc(OC(F)F)cc1)c1ccccc1. The van der Waals surface area contributed by atoms with E-state index in [1.165, 1.54) is 12.1 Å². The van der Waals surface area contributed by atoms with Crippen LogP contribution >= 0.6 is 0 Å². The molecule has 1 heterocycles. The molecular weight excluding hydrogens is 590 g/mol. The molecule has 1 aliphatic heterocycles. The number of benzene rings is 4. The average molecular weight is 628 g/mol. The van der Waals surface area contributed by atoms with Crippen LogP contribution in [0.1, 0.15) is 24.8 Å². The van der Waals surface area contributed by atoms with Crippen molar-refractivity contribution in [2.75, 3.05) is 36.3 Å². The van der Waals surface area contributed by atoms with E-state index in [4.69, 9.17) is 4.74 Å². The highest BCUT2D eigenvalue weighted by molar-refractivity contribution is 5.95. The number of nitrogens with zero attached hydrogens (tertiary/aromatic N) is 3. The molecule has 0 spiro atoms. The minimum atomic E-state index is -2.88. The Kier molecular flexibility index (Phi) is 11.7. The average Bonchev–Trinajstić information content (AvgIpc) is 3.09. The third-order valence-electron chi connectivity index (χ3n) is 7.51. The number of hydrogen-bond donors (Lipinski definition) is 1. The number of anilines is 2. The first-order valence-electron chi connectivity index (χ1n) is 15.3. The highest BCUT2D eigenvalue weighted by Gasteiger charge is 2.29. The monoisotopic (exact) mass is 627 g/mol. The van der Waals surface area contributed by atoms with Crippen molar-refractivity contribution in [3.63, 3.8) is 0 Å². The van der Waals surface area contributed by atoms with Crippen molar-refractivity contribution in [3.8, 4) is 16.9 Å². The maximum atomic E-state index is 13.7. The first kappa shape index (κ1) is 32.6. The topological polar surface area (TPSA) is 74.4 Å². The summed E-state index contributed by atoms with van der Waals surface area (Å²) in [5, 5.41) is 6.84. The van der Waals surface area contributed by atoms with E-state index < -0.39 is 12.7 Å². The molecule has 1 N–H and O–H groups in total. The summed E-state index contributed by atoms with van der Waals surface area (Å²) in [7, 11) is 0. The van der Waals surface area contributed by atoms with E-state index in [-0.39, 0.29) is 31.4 Å². The van der Waals surface area contributed by atoms with Crippen LogP contribution in [0.2, 0.25) is 0 Å². The van der Waals surface area contributed by atoms with Gasteiger partial charge in [-0.3, -0.25) is 15.0 Å². The van der Waals surface area contributed by atoms with E-state index in [0.717, 1.165) is 35.2 Å². The van der Waals surface area contributed by atoms with Crippen molar-refractivity contribution in [1.82, 2.24) is 10.3 Å². The van der Waals surface area contributed by atoms with Gasteiger partial charge >= 0.3 is 12.7 Å². The van der Waals surface area contributed by atoms with Crippen molar-refractivity contribution in [2.24, 2.45) is 0 Å². The summed E-state index contributed by atoms with van der Waals surface area (Å²) < 4.78 is 35.1. The molecule has 1 saturated heterocycles. The number of alkyl halides is 2. The standard InChI is InChI=1S/C36H37F2N4O4/c37-35(38)46-31-20-18-28(19-21-31)26-39-27-41(30-14-6-2-7-15-30)34(43)22-25-45-36(44)42(40-23-10-3-11-24-40)33-17-9-8-16-32(33)29-12-4-1-5-13-29/h1-9,12-21,35,39H,10-11,22-27H2. The molecule has 1 aliphatic rings. The molecule has 2 amide bonds. The van der Waals surface area contributed by atoms with Crippen molar-refractivity contribution >= 4 is 23.4 Å². The van der Waals surface area contributed by atoms with Gasteiger partial charge in [-0.05, 0) is 60.7 Å². The molecule has 4 aromatic carbocycles. The molecule has 1 radical (unpaired) electrons. The van der Waals surface area contributed by atoms with Crippen LogP contribution in [0.4, 0.5) is 25.0 Å². The number of ether oxygens (including phenoxy) is 2. The lowest BCUT2D eigenvalue weighted by atomic mass is 10.0. The van der Waals surface area contributed by atoms with Gasteiger partial charge in [-0.25, -0.2) is 14.8 Å². The number of rotatable bonds is 13. The number of carbonyl (C=O) groups excluding carboxylic acids is 2. The van der Waals surface area contributed by atoms with Gasteiger partial charge in [-0.2, -0.15) is 8.78 Å². The number of hydrazine groups is 1. The van der Waals surface area contributed by atoms with Crippen LogP contribution < -0.4 is 20.0 Å². The maximum Gasteiger partial charge on any atom is 0.429 e. The van der Waals surface area contributed by atoms with Crippen LogP contribution in [0.3, 0.4) is 0 Å². The lowest BCUT2D eigenvalue weighted by molar-refractivity contribution is -0.119. The molecule has 0 saturated carbocycles. The zero-order chi connectivity index (χ0) is 32.1. The van der Waals surface area contributed by atoms with Gasteiger partial charge in [0.1, 0.15) is 12.4 Å². The highest BCUT2D eigenvalue weighted by Crippen LogP contribution is 2.33. The summed E-state index contributed by atoms with van der Waals surface area (Å²) in [4.78, 5) is 28.8. The normalized spacial score (nSPS) is 13.3. The van der Waals surface area contributed by atoms with Crippen molar-refractivity contribution < 1.29 is 27.8 Å². The number of hydrogen-bond acceptors (Lipinski definition) is 6. The molecular formula is C36H37F2N4O4. The van der Waals surface area contributed by atoms with Gasteiger partial charge in [-0.1, -0.05) is 78.9 Å². The molecule has 8 nitrogen and oxygen atoms in total. The number of para-hydroxylation sites is 2. The van der Waals surface area contributed by atoms with E-state index in [1.807, 2.05) is 89.9 Å². The number of amides is 2. The minimum absolute atomic E-state index is 0.0239.